The van der Waals surface area contributed by atoms with Gasteiger partial charge in [-0.1, -0.05) is 16.8 Å². The number of carbonyl (C=O) groups excluding carboxylic acids is 1. The predicted molar refractivity (Wildman–Crippen MR) is 139 cm³/mol. The van der Waals surface area contributed by atoms with Crippen molar-refractivity contribution >= 4 is 61.6 Å². The number of nitrogens with zero attached hydrogens (tertiary/aromatic N) is 6. The fraction of sp³-hybridized carbons (Fsp3) is 0.208. The monoisotopic (exact) mass is 584 g/mol. The Kier molecular flexibility index (Phi) is 7.07. The molecule has 2 N–H and O–H groups in total. The van der Waals surface area contributed by atoms with E-state index in [2.05, 4.69) is 47.9 Å². The fourth-order valence-electron chi connectivity index (χ4n) is 3.87. The van der Waals surface area contributed by atoms with Crippen molar-refractivity contribution in [1.29, 1.82) is 5.26 Å². The predicted octanol–water partition coefficient (Wildman–Crippen LogP) is 5.06. The molecule has 0 bridgehead atoms. The molecule has 37 heavy (non-hydrogen) atoms. The maximum Gasteiger partial charge on any atom is 0.410 e. The molecule has 13 heteroatoms. The van der Waals surface area contributed by atoms with E-state index >= 15 is 0 Å². The quantitative estimate of drug-likeness (QED) is 0.294. The average molecular weight is 586 g/mol. The van der Waals surface area contributed by atoms with Crippen molar-refractivity contribution in [3.63, 3.8) is 0 Å². The molecule has 10 nitrogen and oxygen atoms in total. The maximum atomic E-state index is 13.6. The highest BCUT2D eigenvalue weighted by molar-refractivity contribution is 9.10. The number of nitrogens with one attached hydrogen (secondary N) is 2. The summed E-state index contributed by atoms with van der Waals surface area (Å²) in [5.74, 6) is -0.531. The van der Waals surface area contributed by atoms with Crippen molar-refractivity contribution in [2.24, 2.45) is 0 Å². The molecule has 0 atom stereocenters. The van der Waals surface area contributed by atoms with Gasteiger partial charge in [0.1, 0.15) is 24.2 Å². The van der Waals surface area contributed by atoms with E-state index in [1.54, 1.807) is 15.6 Å². The molecule has 1 amide bonds. The third-order valence-electron chi connectivity index (χ3n) is 5.74. The zero-order valence-electron chi connectivity index (χ0n) is 19.2. The number of halogens is 3. The summed E-state index contributed by atoms with van der Waals surface area (Å²) in [6, 6.07) is 10.1. The Labute approximate surface area is 224 Å². The van der Waals surface area contributed by atoms with E-state index in [4.69, 9.17) is 16.3 Å². The number of anilines is 3. The normalized spacial score (nSPS) is 13.0. The van der Waals surface area contributed by atoms with E-state index < -0.39 is 5.82 Å². The third kappa shape index (κ3) is 5.42. The van der Waals surface area contributed by atoms with E-state index in [0.717, 1.165) is 10.2 Å². The molecule has 5 rings (SSSR count). The molecule has 1 saturated heterocycles. The number of hydrogen-bond acceptors (Lipinski definition) is 8. The topological polar surface area (TPSA) is 121 Å². The Balaban J connectivity index is 1.35. The van der Waals surface area contributed by atoms with E-state index in [0.29, 0.717) is 66.3 Å². The summed E-state index contributed by atoms with van der Waals surface area (Å²) in [7, 11) is 0. The van der Waals surface area contributed by atoms with Gasteiger partial charge < -0.3 is 20.3 Å². The van der Waals surface area contributed by atoms with Gasteiger partial charge >= 0.3 is 6.09 Å². The number of cyclic esters (lactones) is 1. The van der Waals surface area contributed by atoms with E-state index in [1.165, 1.54) is 18.3 Å². The van der Waals surface area contributed by atoms with Gasteiger partial charge in [-0.05, 0) is 46.3 Å². The molecular weight excluding hydrogens is 567 g/mol. The first-order valence-corrected chi connectivity index (χ1v) is 12.4. The molecule has 0 aliphatic carbocycles. The third-order valence-corrected chi connectivity index (χ3v) is 6.63. The molecule has 1 fully saturated rings. The van der Waals surface area contributed by atoms with Crippen LogP contribution in [-0.2, 0) is 17.8 Å². The Bertz CT molecular complexity index is 1540. The van der Waals surface area contributed by atoms with Crippen LogP contribution in [0, 0.1) is 17.1 Å². The van der Waals surface area contributed by atoms with Gasteiger partial charge in [-0.15, -0.1) is 5.10 Å². The Hall–Kier alpha value is -3.95. The van der Waals surface area contributed by atoms with Crippen molar-refractivity contribution in [3.8, 4) is 6.07 Å². The number of hydrogen-bond donors (Lipinski definition) is 2. The van der Waals surface area contributed by atoms with Crippen LogP contribution in [0.15, 0.2) is 47.2 Å². The first-order chi connectivity index (χ1) is 17.9. The Morgan fingerprint density at radius 3 is 2.86 bits per heavy atom. The molecule has 0 spiro atoms. The lowest BCUT2D eigenvalue weighted by atomic mass is 10.1. The van der Waals surface area contributed by atoms with Gasteiger partial charge in [0.05, 0.1) is 47.6 Å². The number of carbonyl (C=O) groups is 1. The summed E-state index contributed by atoms with van der Waals surface area (Å²) in [4.78, 5) is 17.6. The van der Waals surface area contributed by atoms with Crippen molar-refractivity contribution < 1.29 is 13.9 Å². The number of fused-ring (bicyclic) bond motifs is 1. The van der Waals surface area contributed by atoms with Crippen LogP contribution in [0.3, 0.4) is 0 Å². The fourth-order valence-corrected chi connectivity index (χ4v) is 4.62. The summed E-state index contributed by atoms with van der Waals surface area (Å²) in [5.41, 5.74) is 3.48. The first-order valence-electron chi connectivity index (χ1n) is 11.2. The maximum absolute atomic E-state index is 13.6. The number of nitriles is 1. The molecule has 0 saturated carbocycles. The van der Waals surface area contributed by atoms with E-state index in [9.17, 15) is 14.4 Å². The van der Waals surface area contributed by atoms with Gasteiger partial charge in [0.2, 0.25) is 0 Å². The standard InChI is InChI=1S/C24H19BrClFN8O2/c25-19-8-16(29-12-17-13-35(33-32-17)4-3-34-5-6-37-24(34)36)7-18-22(14(10-28)11-30-23(18)19)31-15-1-2-21(27)20(26)9-15/h1-2,7-9,11,13,29H,3-6,12H2,(H,30,31). The van der Waals surface area contributed by atoms with Crippen LogP contribution < -0.4 is 10.6 Å². The summed E-state index contributed by atoms with van der Waals surface area (Å²) >= 11 is 9.50. The molecule has 0 unspecified atom stereocenters. The summed E-state index contributed by atoms with van der Waals surface area (Å²) in [5, 5.41) is 25.1. The molecule has 2 aromatic carbocycles. The van der Waals surface area contributed by atoms with Gasteiger partial charge in [0, 0.05) is 34.0 Å². The second kappa shape index (κ2) is 10.6. The van der Waals surface area contributed by atoms with Crippen LogP contribution in [0.1, 0.15) is 11.3 Å². The van der Waals surface area contributed by atoms with E-state index in [1.807, 2.05) is 18.3 Å². The molecule has 188 valence electrons. The van der Waals surface area contributed by atoms with Crippen LogP contribution in [0.5, 0.6) is 0 Å². The minimum absolute atomic E-state index is 0.0289. The van der Waals surface area contributed by atoms with Crippen molar-refractivity contribution in [3.05, 3.63) is 69.3 Å². The zero-order valence-corrected chi connectivity index (χ0v) is 21.6. The molecule has 3 heterocycles. The molecular formula is C24H19BrClFN8O2. The van der Waals surface area contributed by atoms with Crippen LogP contribution >= 0.6 is 27.5 Å². The van der Waals surface area contributed by atoms with E-state index in [-0.39, 0.29) is 11.1 Å². The first kappa shape index (κ1) is 24.7. The van der Waals surface area contributed by atoms with Crippen molar-refractivity contribution in [1.82, 2.24) is 24.9 Å². The average Bonchev–Trinajstić information content (AvgIpc) is 3.52. The highest BCUT2D eigenvalue weighted by Crippen LogP contribution is 2.35. The van der Waals surface area contributed by atoms with Gasteiger partial charge in [0.25, 0.3) is 0 Å². The van der Waals surface area contributed by atoms with Crippen LogP contribution in [-0.4, -0.2) is 50.7 Å². The second-order valence-corrected chi connectivity index (χ2v) is 9.46. The molecule has 4 aromatic rings. The van der Waals surface area contributed by atoms with Gasteiger partial charge in [-0.3, -0.25) is 9.67 Å². The molecule has 2 aromatic heterocycles. The summed E-state index contributed by atoms with van der Waals surface area (Å²) in [6.45, 7) is 2.38. The number of benzene rings is 2. The lowest BCUT2D eigenvalue weighted by Gasteiger charge is -2.14. The van der Waals surface area contributed by atoms with Gasteiger partial charge in [-0.25, -0.2) is 9.18 Å². The second-order valence-electron chi connectivity index (χ2n) is 8.19. The lowest BCUT2D eigenvalue weighted by Crippen LogP contribution is -2.28. The van der Waals surface area contributed by atoms with Gasteiger partial charge in [-0.2, -0.15) is 5.26 Å². The lowest BCUT2D eigenvalue weighted by molar-refractivity contribution is 0.157. The highest BCUT2D eigenvalue weighted by Gasteiger charge is 2.21. The number of ether oxygens (including phenoxy) is 1. The number of amides is 1. The Morgan fingerprint density at radius 2 is 2.11 bits per heavy atom. The minimum atomic E-state index is -0.531. The molecule has 1 aliphatic rings. The smallest absolute Gasteiger partial charge is 0.410 e. The number of pyridine rings is 1. The number of rotatable bonds is 8. The van der Waals surface area contributed by atoms with Crippen LogP contribution in [0.4, 0.5) is 26.2 Å². The largest absolute Gasteiger partial charge is 0.448 e. The molecule has 1 aliphatic heterocycles. The summed E-state index contributed by atoms with van der Waals surface area (Å²) < 4.78 is 21.0. The van der Waals surface area contributed by atoms with Gasteiger partial charge in [0.15, 0.2) is 0 Å². The van der Waals surface area contributed by atoms with Crippen LogP contribution in [0.2, 0.25) is 5.02 Å². The number of aromatic nitrogens is 4. The molecule has 0 radical (unpaired) electrons. The van der Waals surface area contributed by atoms with Crippen LogP contribution in [0.25, 0.3) is 10.9 Å². The highest BCUT2D eigenvalue weighted by atomic mass is 79.9. The Morgan fingerprint density at radius 1 is 1.24 bits per heavy atom. The zero-order chi connectivity index (χ0) is 25.9. The van der Waals surface area contributed by atoms with Crippen molar-refractivity contribution in [2.45, 2.75) is 13.1 Å². The SMILES string of the molecule is N#Cc1cnc2c(Br)cc(NCc3cn(CCN4CCOC4=O)nn3)cc2c1Nc1ccc(F)c(Cl)c1. The minimum Gasteiger partial charge on any atom is -0.448 e. The van der Waals surface area contributed by atoms with Crippen molar-refractivity contribution in [2.75, 3.05) is 30.3 Å². The summed E-state index contributed by atoms with van der Waals surface area (Å²) in [6.07, 6.45) is 2.98.